The number of aryl methyl sites for hydroxylation is 5. The Morgan fingerprint density at radius 2 is 0.730 bits per heavy atom. The Hall–Kier alpha value is -13.2. The molecule has 7 saturated carbocycles. The van der Waals surface area contributed by atoms with Gasteiger partial charge in [-0.3, -0.25) is 95.0 Å². The van der Waals surface area contributed by atoms with Crippen LogP contribution in [0.15, 0.2) is 113 Å². The van der Waals surface area contributed by atoms with Crippen LogP contribution in [0.5, 0.6) is 0 Å². The van der Waals surface area contributed by atoms with Crippen LogP contribution in [0.4, 0.5) is 63.6 Å². The summed E-state index contributed by atoms with van der Waals surface area (Å²) < 4.78 is 6.72. The SMILES string of the molecule is Cc1cc(Br)c(=O)[nH]c1C(N)=O.Cc1cc(Br)c(=O)n2c1C(=O)NC21CCCC(=O)C1.Cc1cc(Nc2cc(N)ncn2)c(=O)n2c1C(=O)NC21CCCC(O)C1.Cc1cc(Nc2cc(N)ncn2)c(=O)n2c1C(=O)NC21CCCC(O)C1.Cc1cc(Nc2cc(NC(=O)C3CC3)ncn2)c(=O)n2c1C(=O)NC21CCCC(=O)C1.Nc1cc(NC(=O)C2CC2)ncn1.O=C1CCCC(=O)C1.[B].[H-].[Na+]. The van der Waals surface area contributed by atoms with Gasteiger partial charge in [-0.1, -0.05) is 0 Å². The molecule has 3 radical (unpaired) electrons. The fraction of sp³-hybridized carbons (Fsp3) is 0.416. The van der Waals surface area contributed by atoms with Crippen LogP contribution in [0.3, 0.4) is 0 Å². The van der Waals surface area contributed by atoms with Gasteiger partial charge in [-0.05, 0) is 221 Å². The van der Waals surface area contributed by atoms with Crippen LogP contribution in [0.25, 0.3) is 0 Å². The zero-order valence-electron chi connectivity index (χ0n) is 76.7. The van der Waals surface area contributed by atoms with Crippen LogP contribution in [-0.4, -0.2) is 158 Å². The van der Waals surface area contributed by atoms with E-state index in [1.165, 1.54) is 55.7 Å². The van der Waals surface area contributed by atoms with Crippen molar-refractivity contribution in [3.8, 4) is 0 Å². The zero-order chi connectivity index (χ0) is 97.0. The van der Waals surface area contributed by atoms with Crippen molar-refractivity contribution in [1.29, 1.82) is 0 Å². The number of aliphatic hydroxyl groups excluding tert-OH is 2. The molecule has 13 heterocycles. The fourth-order valence-corrected chi connectivity index (χ4v) is 19.2. The monoisotopic (exact) mass is 2010 g/mol. The number of nitrogens with one attached hydrogen (secondary N) is 10. The van der Waals surface area contributed by atoms with Gasteiger partial charge in [-0.15, -0.1) is 0 Å². The third kappa shape index (κ3) is 23.0. The number of nitrogen functional groups attached to an aromatic ring is 3. The summed E-state index contributed by atoms with van der Waals surface area (Å²) in [6.07, 6.45) is 18.4. The Balaban J connectivity index is 0.000000159. The Bertz CT molecular complexity index is 6540. The van der Waals surface area contributed by atoms with Crippen LogP contribution in [-0.2, 0) is 51.4 Å². The Morgan fingerprint density at radius 3 is 1.09 bits per heavy atom. The molecule has 0 bridgehead atoms. The molecule has 44 nitrogen and oxygen atoms in total. The van der Waals surface area contributed by atoms with Crippen molar-refractivity contribution in [2.75, 3.05) is 43.8 Å². The number of primary amides is 1. The Kier molecular flexibility index (Phi) is 31.9. The molecule has 7 amide bonds. The molecule has 0 saturated heterocycles. The maximum Gasteiger partial charge on any atom is 1.00 e. The smallest absolute Gasteiger partial charge is 1.00 e. The third-order valence-corrected chi connectivity index (χ3v) is 25.8. The molecular formula is C89H101BBr2N26NaO18. The first kappa shape index (κ1) is 103. The average molecular weight is 2020 g/mol. The van der Waals surface area contributed by atoms with Gasteiger partial charge in [0.1, 0.15) is 163 Å². The first-order valence-corrected chi connectivity index (χ1v) is 45.4. The van der Waals surface area contributed by atoms with E-state index in [9.17, 15) is 86.9 Å². The second-order valence-corrected chi connectivity index (χ2v) is 36.8. The summed E-state index contributed by atoms with van der Waals surface area (Å²) in [5, 5.41) is 46.2. The number of hydrogen-bond acceptors (Lipinski definition) is 32. The maximum absolute atomic E-state index is 13.4. The number of halogens is 2. The van der Waals surface area contributed by atoms with Gasteiger partial charge in [0.2, 0.25) is 11.8 Å². The summed E-state index contributed by atoms with van der Waals surface area (Å²) in [7, 11) is 0. The van der Waals surface area contributed by atoms with Crippen molar-refractivity contribution < 1.29 is 93.9 Å². The minimum absolute atomic E-state index is 0. The van der Waals surface area contributed by atoms with E-state index in [1.54, 1.807) is 77.1 Å². The number of aromatic amines is 1. The van der Waals surface area contributed by atoms with Crippen LogP contribution >= 0.6 is 31.9 Å². The number of amides is 7. The molecule has 20 N–H and O–H groups in total. The van der Waals surface area contributed by atoms with Gasteiger partial charge >= 0.3 is 29.6 Å². The quantitative estimate of drug-likeness (QED) is 0.0653. The van der Waals surface area contributed by atoms with Crippen molar-refractivity contribution in [2.24, 2.45) is 17.6 Å². The van der Waals surface area contributed by atoms with Gasteiger partial charge in [0, 0.05) is 95.9 Å². The van der Waals surface area contributed by atoms with Gasteiger partial charge < -0.3 is 87.4 Å². The van der Waals surface area contributed by atoms with Crippen molar-refractivity contribution in [2.45, 2.75) is 224 Å². The molecule has 6 atom stereocenters. The standard InChI is InChI=1S/C21H22N6O4.2C17H20N6O3.C13H13BrN2O3.C8H10N4O.C7H7BrN2O2.C6H8O2.B.Na.H/c1-11-7-14(24-15-8-16(23-10-22-15)25-18(29)12-4-5-12)20(31)27-17(11)19(30)26-21(27)6-2-3-13(28)9-21;2*1-9-5-11(21-13-6-12(18)19-8-20-13)16(26)23-14(9)15(25)22-17(23)4-2-3-10(24)7-17;1-7-5-9(14)12(19)16-10(7)11(18)15-13(16)4-2-3-8(17)6-13;9-6-3-7(11-4-10-6)12-8(13)5-1-2-5;1-3-2-4(8)7(12)10-5(3)6(9)11;7-5-2-1-3-6(8)4-5;;;/h7-8,10,12H,2-6,9H2,1H3,(H,26,30)(H2,22,23,24,25,29);2*5-6,8,10,24H,2-4,7H2,1H3,(H,22,25)(H3,18,19,20,21);5H,2-4,6H2,1H3,(H,15,18);3-5H,1-2H2,(H3,9,10,11,12,13);2H,1H3,(H2,9,11)(H,10,12);1-4H2;;;/q;;;;;;;;+1;-1. The van der Waals surface area contributed by atoms with Crippen LogP contribution in [0.2, 0.25) is 0 Å². The number of carbonyl (C=O) groups is 11. The fourth-order valence-electron chi connectivity index (χ4n) is 18.2. The number of aromatic nitrogens is 13. The van der Waals surface area contributed by atoms with E-state index in [4.69, 9.17) is 22.9 Å². The molecule has 713 valence electrons. The normalized spacial score (nSPS) is 21.4. The van der Waals surface area contributed by atoms with E-state index in [0.717, 1.165) is 50.5 Å². The largest absolute Gasteiger partial charge is 1.00 e. The molecule has 48 heteroatoms. The first-order chi connectivity index (χ1) is 64.2. The number of nitrogens with two attached hydrogens (primary N) is 4. The van der Waals surface area contributed by atoms with E-state index >= 15 is 0 Å². The van der Waals surface area contributed by atoms with E-state index in [2.05, 4.69) is 125 Å². The van der Waals surface area contributed by atoms with E-state index in [-0.39, 0.29) is 180 Å². The second kappa shape index (κ2) is 42.6. The van der Waals surface area contributed by atoms with Gasteiger partial charge in [-0.25, -0.2) is 39.9 Å². The van der Waals surface area contributed by atoms with E-state index in [1.807, 2.05) is 0 Å². The summed E-state index contributed by atoms with van der Waals surface area (Å²) in [4.78, 5) is 226. The number of rotatable bonds is 11. The molecule has 11 aliphatic rings. The number of nitrogens with zero attached hydrogens (tertiary/aromatic N) is 12. The number of pyridine rings is 5. The minimum atomic E-state index is -1.02. The number of carbonyl (C=O) groups excluding carboxylic acids is 11. The van der Waals surface area contributed by atoms with Crippen molar-refractivity contribution in [3.63, 3.8) is 0 Å². The van der Waals surface area contributed by atoms with Crippen LogP contribution in [0, 0.1) is 46.5 Å². The molecule has 4 aliphatic heterocycles. The molecule has 9 aromatic heterocycles. The molecule has 7 aliphatic carbocycles. The number of anilines is 11. The molecule has 7 fully saturated rings. The zero-order valence-corrected chi connectivity index (χ0v) is 80.9. The van der Waals surface area contributed by atoms with E-state index in [0.29, 0.717) is 184 Å². The van der Waals surface area contributed by atoms with Gasteiger partial charge in [-0.2, -0.15) is 0 Å². The Morgan fingerprint density at radius 1 is 0.409 bits per heavy atom. The van der Waals surface area contributed by atoms with Crippen molar-refractivity contribution >= 4 is 168 Å². The Labute approximate surface area is 823 Å². The summed E-state index contributed by atoms with van der Waals surface area (Å²) in [6, 6.07) is 14.2. The number of aliphatic hydroxyl groups is 2. The molecule has 137 heavy (non-hydrogen) atoms. The maximum atomic E-state index is 13.4. The summed E-state index contributed by atoms with van der Waals surface area (Å²) in [6.45, 7) is 8.80. The van der Waals surface area contributed by atoms with Gasteiger partial charge in [0.25, 0.3) is 57.3 Å². The topological polar surface area (TPSA) is 665 Å². The van der Waals surface area contributed by atoms with E-state index < -0.39 is 46.3 Å². The predicted molar refractivity (Wildman–Crippen MR) is 504 cm³/mol. The minimum Gasteiger partial charge on any atom is -1.00 e. The average Bonchev–Trinajstić information content (AvgIpc) is 1.64. The third-order valence-electron chi connectivity index (χ3n) is 24.6. The molecule has 0 aromatic carbocycles. The molecule has 6 unspecified atom stereocenters. The van der Waals surface area contributed by atoms with Crippen molar-refractivity contribution in [3.05, 3.63) is 197 Å². The van der Waals surface area contributed by atoms with Gasteiger partial charge in [0.15, 0.2) is 0 Å². The summed E-state index contributed by atoms with van der Waals surface area (Å²) in [5.41, 5.74) is 22.1. The molecule has 9 aromatic rings. The van der Waals surface area contributed by atoms with Crippen molar-refractivity contribution in [1.82, 2.24) is 84.4 Å². The first-order valence-electron chi connectivity index (χ1n) is 43.8. The predicted octanol–water partition coefficient (Wildman–Crippen LogP) is 2.63. The number of ketones is 4. The molecular weight excluding hydrogens is 1910 g/mol. The molecule has 4 spiro atoms. The number of Topliss-reactive ketones (excluding diaryl/α,β-unsaturated/α-hetero) is 4. The second-order valence-electron chi connectivity index (χ2n) is 35.1. The number of fused-ring (bicyclic) bond motifs is 8. The molecule has 20 rings (SSSR count). The van der Waals surface area contributed by atoms with Crippen LogP contribution in [0.1, 0.15) is 236 Å². The number of H-pyrrole nitrogens is 1. The number of hydrogen-bond donors (Lipinski definition) is 16. The van der Waals surface area contributed by atoms with Crippen LogP contribution < -0.4 is 128 Å². The summed E-state index contributed by atoms with van der Waals surface area (Å²) in [5.74, 6) is 1.56. The van der Waals surface area contributed by atoms with Gasteiger partial charge in [0.05, 0.1) is 27.6 Å². The summed E-state index contributed by atoms with van der Waals surface area (Å²) >= 11 is 6.26.